The third-order valence-electron chi connectivity index (χ3n) is 3.36. The molecule has 3 rings (SSSR count). The van der Waals surface area contributed by atoms with Crippen LogP contribution in [0.3, 0.4) is 0 Å². The summed E-state index contributed by atoms with van der Waals surface area (Å²) < 4.78 is 5.85. The summed E-state index contributed by atoms with van der Waals surface area (Å²) in [5.41, 5.74) is 1.04. The molecule has 90 valence electrons. The molecule has 4 nitrogen and oxygen atoms in total. The van der Waals surface area contributed by atoms with Crippen LogP contribution in [0.2, 0.25) is 0 Å². The zero-order valence-electron chi connectivity index (χ0n) is 9.78. The number of aromatic amines is 1. The number of rotatable bonds is 3. The van der Waals surface area contributed by atoms with Gasteiger partial charge in [0.25, 0.3) is 0 Å². The Morgan fingerprint density at radius 3 is 3.06 bits per heavy atom. The first-order valence-corrected chi connectivity index (χ1v) is 6.18. The molecule has 1 aromatic heterocycles. The standard InChI is InChI=1S/C13H17N3O/c1-2-12(7-13-11(1)8-15-16-13)17-9-10-3-5-14-6-4-10/h1-2,7-8,10,14H,3-6,9H2,(H,15,16). The van der Waals surface area contributed by atoms with E-state index in [0.717, 1.165) is 36.3 Å². The third kappa shape index (κ3) is 2.42. The van der Waals surface area contributed by atoms with E-state index in [-0.39, 0.29) is 0 Å². The Hall–Kier alpha value is -1.55. The van der Waals surface area contributed by atoms with Crippen LogP contribution in [0.1, 0.15) is 12.8 Å². The molecule has 0 amide bonds. The Labute approximate surface area is 100 Å². The molecule has 1 aromatic carbocycles. The number of aromatic nitrogens is 2. The van der Waals surface area contributed by atoms with Crippen LogP contribution in [-0.2, 0) is 0 Å². The molecule has 0 aliphatic carbocycles. The Bertz CT molecular complexity index is 488. The minimum absolute atomic E-state index is 0.689. The minimum Gasteiger partial charge on any atom is -0.493 e. The van der Waals surface area contributed by atoms with Crippen molar-refractivity contribution in [2.45, 2.75) is 12.8 Å². The normalized spacial score (nSPS) is 17.4. The fraction of sp³-hybridized carbons (Fsp3) is 0.462. The van der Waals surface area contributed by atoms with E-state index in [9.17, 15) is 0 Å². The zero-order chi connectivity index (χ0) is 11.5. The highest BCUT2D eigenvalue weighted by Gasteiger charge is 2.13. The van der Waals surface area contributed by atoms with Crippen LogP contribution < -0.4 is 10.1 Å². The summed E-state index contributed by atoms with van der Waals surface area (Å²) >= 11 is 0. The molecule has 1 saturated heterocycles. The molecule has 4 heteroatoms. The highest BCUT2D eigenvalue weighted by molar-refractivity contribution is 5.79. The molecule has 1 fully saturated rings. The summed E-state index contributed by atoms with van der Waals surface area (Å²) in [5, 5.41) is 11.5. The SMILES string of the molecule is c1cc2cn[nH]c2cc1OCC1CCNCC1. The topological polar surface area (TPSA) is 49.9 Å². The predicted octanol–water partition coefficient (Wildman–Crippen LogP) is 1.94. The lowest BCUT2D eigenvalue weighted by atomic mass is 9.99. The van der Waals surface area contributed by atoms with Crippen molar-refractivity contribution in [3.8, 4) is 5.75 Å². The second kappa shape index (κ2) is 4.75. The van der Waals surface area contributed by atoms with Crippen molar-refractivity contribution in [2.24, 2.45) is 5.92 Å². The molecule has 0 atom stereocenters. The molecule has 0 bridgehead atoms. The van der Waals surface area contributed by atoms with E-state index < -0.39 is 0 Å². The zero-order valence-corrected chi connectivity index (χ0v) is 9.78. The molecule has 0 saturated carbocycles. The second-order valence-corrected chi connectivity index (χ2v) is 4.62. The maximum absolute atomic E-state index is 5.85. The van der Waals surface area contributed by atoms with Crippen LogP contribution in [-0.4, -0.2) is 29.9 Å². The minimum atomic E-state index is 0.689. The third-order valence-corrected chi connectivity index (χ3v) is 3.36. The molecular formula is C13H17N3O. The fourth-order valence-corrected chi connectivity index (χ4v) is 2.27. The van der Waals surface area contributed by atoms with Gasteiger partial charge in [-0.25, -0.2) is 0 Å². The van der Waals surface area contributed by atoms with Crippen molar-refractivity contribution in [1.82, 2.24) is 15.5 Å². The van der Waals surface area contributed by atoms with Crippen molar-refractivity contribution in [3.63, 3.8) is 0 Å². The van der Waals surface area contributed by atoms with Crippen LogP contribution >= 0.6 is 0 Å². The summed E-state index contributed by atoms with van der Waals surface area (Å²) in [6.45, 7) is 3.06. The van der Waals surface area contributed by atoms with Gasteiger partial charge in [-0.1, -0.05) is 0 Å². The Balaban J connectivity index is 1.63. The van der Waals surface area contributed by atoms with Crippen molar-refractivity contribution >= 4 is 10.9 Å². The van der Waals surface area contributed by atoms with Gasteiger partial charge in [-0.05, 0) is 44.0 Å². The van der Waals surface area contributed by atoms with Gasteiger partial charge in [0.15, 0.2) is 0 Å². The Kier molecular flexibility index (Phi) is 2.96. The highest BCUT2D eigenvalue weighted by atomic mass is 16.5. The lowest BCUT2D eigenvalue weighted by molar-refractivity contribution is 0.215. The summed E-state index contributed by atoms with van der Waals surface area (Å²) in [6.07, 6.45) is 4.25. The molecular weight excluding hydrogens is 214 g/mol. The molecule has 1 aliphatic heterocycles. The number of nitrogens with zero attached hydrogens (tertiary/aromatic N) is 1. The van der Waals surface area contributed by atoms with Crippen molar-refractivity contribution in [1.29, 1.82) is 0 Å². The van der Waals surface area contributed by atoms with E-state index in [1.54, 1.807) is 0 Å². The van der Waals surface area contributed by atoms with Crippen LogP contribution in [0.15, 0.2) is 24.4 Å². The summed E-state index contributed by atoms with van der Waals surface area (Å²) in [6, 6.07) is 6.07. The van der Waals surface area contributed by atoms with E-state index in [2.05, 4.69) is 15.5 Å². The largest absolute Gasteiger partial charge is 0.493 e. The van der Waals surface area contributed by atoms with Crippen molar-refractivity contribution in [2.75, 3.05) is 19.7 Å². The van der Waals surface area contributed by atoms with Gasteiger partial charge in [-0.15, -0.1) is 0 Å². The summed E-state index contributed by atoms with van der Waals surface area (Å²) in [5.74, 6) is 1.62. The van der Waals surface area contributed by atoms with Gasteiger partial charge in [-0.2, -0.15) is 5.10 Å². The first kappa shape index (κ1) is 10.6. The molecule has 17 heavy (non-hydrogen) atoms. The van der Waals surface area contributed by atoms with Gasteiger partial charge in [0.1, 0.15) is 5.75 Å². The lowest BCUT2D eigenvalue weighted by Crippen LogP contribution is -2.30. The van der Waals surface area contributed by atoms with E-state index in [1.165, 1.54) is 12.8 Å². The fourth-order valence-electron chi connectivity index (χ4n) is 2.27. The lowest BCUT2D eigenvalue weighted by Gasteiger charge is -2.22. The predicted molar refractivity (Wildman–Crippen MR) is 67.2 cm³/mol. The number of hydrogen-bond acceptors (Lipinski definition) is 3. The number of fused-ring (bicyclic) bond motifs is 1. The number of nitrogens with one attached hydrogen (secondary N) is 2. The molecule has 0 unspecified atom stereocenters. The number of benzene rings is 1. The molecule has 0 spiro atoms. The average Bonchev–Trinajstić information content (AvgIpc) is 2.85. The van der Waals surface area contributed by atoms with Gasteiger partial charge < -0.3 is 10.1 Å². The number of piperidine rings is 1. The van der Waals surface area contributed by atoms with Crippen molar-refractivity contribution in [3.05, 3.63) is 24.4 Å². The highest BCUT2D eigenvalue weighted by Crippen LogP contribution is 2.20. The summed E-state index contributed by atoms with van der Waals surface area (Å²) in [4.78, 5) is 0. The first-order chi connectivity index (χ1) is 8.42. The van der Waals surface area contributed by atoms with Crippen molar-refractivity contribution < 1.29 is 4.74 Å². The molecule has 2 heterocycles. The molecule has 2 N–H and O–H groups in total. The first-order valence-electron chi connectivity index (χ1n) is 6.18. The number of hydrogen-bond donors (Lipinski definition) is 2. The second-order valence-electron chi connectivity index (χ2n) is 4.62. The number of H-pyrrole nitrogens is 1. The molecule has 2 aromatic rings. The smallest absolute Gasteiger partial charge is 0.121 e. The van der Waals surface area contributed by atoms with Crippen LogP contribution in [0, 0.1) is 5.92 Å². The quantitative estimate of drug-likeness (QED) is 0.848. The van der Waals surface area contributed by atoms with Gasteiger partial charge >= 0.3 is 0 Å². The van der Waals surface area contributed by atoms with Crippen LogP contribution in [0.25, 0.3) is 10.9 Å². The van der Waals surface area contributed by atoms with Crippen LogP contribution in [0.5, 0.6) is 5.75 Å². The van der Waals surface area contributed by atoms with E-state index in [1.807, 2.05) is 24.4 Å². The monoisotopic (exact) mass is 231 g/mol. The van der Waals surface area contributed by atoms with E-state index in [0.29, 0.717) is 5.92 Å². The van der Waals surface area contributed by atoms with Gasteiger partial charge in [-0.3, -0.25) is 5.10 Å². The van der Waals surface area contributed by atoms with Gasteiger partial charge in [0.2, 0.25) is 0 Å². The molecule has 1 aliphatic rings. The van der Waals surface area contributed by atoms with Gasteiger partial charge in [0, 0.05) is 11.5 Å². The van der Waals surface area contributed by atoms with Gasteiger partial charge in [0.05, 0.1) is 18.3 Å². The van der Waals surface area contributed by atoms with E-state index >= 15 is 0 Å². The Morgan fingerprint density at radius 1 is 1.29 bits per heavy atom. The number of ether oxygens (including phenoxy) is 1. The average molecular weight is 231 g/mol. The van der Waals surface area contributed by atoms with Crippen LogP contribution in [0.4, 0.5) is 0 Å². The maximum atomic E-state index is 5.85. The Morgan fingerprint density at radius 2 is 2.18 bits per heavy atom. The van der Waals surface area contributed by atoms with E-state index in [4.69, 9.17) is 4.74 Å². The molecule has 0 radical (unpaired) electrons. The maximum Gasteiger partial charge on any atom is 0.121 e. The summed E-state index contributed by atoms with van der Waals surface area (Å²) in [7, 11) is 0.